The van der Waals surface area contributed by atoms with Gasteiger partial charge in [0.2, 0.25) is 5.89 Å². The van der Waals surface area contributed by atoms with E-state index in [1.54, 1.807) is 18.2 Å². The van der Waals surface area contributed by atoms with Gasteiger partial charge in [0.25, 0.3) is 11.6 Å². The lowest BCUT2D eigenvalue weighted by atomic mass is 10.1. The quantitative estimate of drug-likeness (QED) is 0.277. The lowest BCUT2D eigenvalue weighted by Gasteiger charge is -2.08. The number of amides is 1. The monoisotopic (exact) mass is 409 g/mol. The minimum Gasteiger partial charge on any atom is -0.507 e. The maximum Gasteiger partial charge on any atom is 0.288 e. The molecule has 4 aromatic rings. The number of halogens is 1. The number of hydrogen-bond donors (Lipinski definition) is 2. The number of nitro benzene ring substituents is 1. The number of nitro groups is 1. The summed E-state index contributed by atoms with van der Waals surface area (Å²) in [7, 11) is 0. The number of aromatic hydroxyl groups is 1. The number of hydrogen-bond acceptors (Lipinski definition) is 6. The first-order valence-corrected chi connectivity index (χ1v) is 8.74. The van der Waals surface area contributed by atoms with Gasteiger partial charge >= 0.3 is 0 Å². The fourth-order valence-electron chi connectivity index (χ4n) is 2.77. The molecule has 3 aromatic carbocycles. The zero-order valence-corrected chi connectivity index (χ0v) is 15.4. The molecule has 0 unspecified atom stereocenters. The molecule has 0 bridgehead atoms. The molecule has 29 heavy (non-hydrogen) atoms. The highest BCUT2D eigenvalue weighted by Gasteiger charge is 2.18. The fraction of sp³-hybridized carbons (Fsp3) is 0. The Morgan fingerprint density at radius 3 is 2.69 bits per heavy atom. The summed E-state index contributed by atoms with van der Waals surface area (Å²) in [5.41, 5.74) is 1.54. The van der Waals surface area contributed by atoms with Crippen molar-refractivity contribution in [2.24, 2.45) is 0 Å². The van der Waals surface area contributed by atoms with E-state index in [-0.39, 0.29) is 27.9 Å². The van der Waals surface area contributed by atoms with Gasteiger partial charge in [-0.15, -0.1) is 0 Å². The Morgan fingerprint density at radius 1 is 1.14 bits per heavy atom. The first kappa shape index (κ1) is 18.5. The Bertz CT molecular complexity index is 1240. The van der Waals surface area contributed by atoms with Crippen molar-refractivity contribution < 1.29 is 19.2 Å². The van der Waals surface area contributed by atoms with Crippen LogP contribution in [0.15, 0.2) is 65.1 Å². The van der Waals surface area contributed by atoms with E-state index >= 15 is 0 Å². The minimum atomic E-state index is -0.662. The van der Waals surface area contributed by atoms with E-state index in [9.17, 15) is 20.0 Å². The number of para-hydroxylation sites is 2. The van der Waals surface area contributed by atoms with Crippen LogP contribution in [0.5, 0.6) is 5.75 Å². The number of nitrogens with zero attached hydrogens (tertiary/aromatic N) is 2. The number of anilines is 1. The molecule has 0 saturated carbocycles. The van der Waals surface area contributed by atoms with Crippen LogP contribution in [0.4, 0.5) is 11.4 Å². The molecule has 0 spiro atoms. The largest absolute Gasteiger partial charge is 0.507 e. The molecule has 0 saturated heterocycles. The number of fused-ring (bicyclic) bond motifs is 1. The minimum absolute atomic E-state index is 0.0607. The van der Waals surface area contributed by atoms with Crippen molar-refractivity contribution in [1.82, 2.24) is 4.98 Å². The standard InChI is InChI=1S/C20H12ClN3O5/c21-14-7-5-11(9-16(14)24(27)28)19(26)22-12-6-8-17(25)13(10-12)20-23-15-3-1-2-4-18(15)29-20/h1-10,25H,(H,22,26). The van der Waals surface area contributed by atoms with E-state index in [2.05, 4.69) is 10.3 Å². The number of aromatic nitrogens is 1. The molecule has 0 atom stereocenters. The van der Waals surface area contributed by atoms with E-state index in [1.807, 2.05) is 6.07 Å². The van der Waals surface area contributed by atoms with E-state index in [4.69, 9.17) is 16.0 Å². The van der Waals surface area contributed by atoms with Gasteiger partial charge in [-0.25, -0.2) is 4.98 Å². The third kappa shape index (κ3) is 3.61. The van der Waals surface area contributed by atoms with Crippen molar-refractivity contribution in [2.75, 3.05) is 5.32 Å². The predicted molar refractivity (Wildman–Crippen MR) is 107 cm³/mol. The molecule has 9 heteroatoms. The predicted octanol–water partition coefficient (Wildman–Crippen LogP) is 5.01. The molecule has 4 rings (SSSR count). The molecule has 0 aliphatic rings. The van der Waals surface area contributed by atoms with Crippen LogP contribution in [0.25, 0.3) is 22.6 Å². The molecule has 0 radical (unpaired) electrons. The summed E-state index contributed by atoms with van der Waals surface area (Å²) in [5.74, 6) is -0.447. The number of carbonyl (C=O) groups excluding carboxylic acids is 1. The van der Waals surface area contributed by atoms with Gasteiger partial charge in [-0.1, -0.05) is 23.7 Å². The number of oxazole rings is 1. The number of carbonyl (C=O) groups is 1. The number of phenols is 1. The number of rotatable bonds is 4. The van der Waals surface area contributed by atoms with Gasteiger partial charge in [0, 0.05) is 17.3 Å². The van der Waals surface area contributed by atoms with Gasteiger partial charge in [0.05, 0.1) is 10.5 Å². The van der Waals surface area contributed by atoms with Crippen molar-refractivity contribution in [1.29, 1.82) is 0 Å². The van der Waals surface area contributed by atoms with Gasteiger partial charge in [-0.05, 0) is 42.5 Å². The average molecular weight is 410 g/mol. The molecule has 2 N–H and O–H groups in total. The average Bonchev–Trinajstić information content (AvgIpc) is 3.13. The van der Waals surface area contributed by atoms with E-state index in [0.717, 1.165) is 6.07 Å². The van der Waals surface area contributed by atoms with Crippen LogP contribution in [-0.2, 0) is 0 Å². The third-order valence-corrected chi connectivity index (χ3v) is 4.50. The molecule has 1 heterocycles. The Kier molecular flexibility index (Phi) is 4.61. The second kappa shape index (κ2) is 7.25. The van der Waals surface area contributed by atoms with Gasteiger partial charge in [-0.2, -0.15) is 0 Å². The lowest BCUT2D eigenvalue weighted by molar-refractivity contribution is -0.384. The van der Waals surface area contributed by atoms with Crippen LogP contribution < -0.4 is 5.32 Å². The molecule has 144 valence electrons. The lowest BCUT2D eigenvalue weighted by Crippen LogP contribution is -2.12. The number of phenolic OH excluding ortho intramolecular Hbond substituents is 1. The Morgan fingerprint density at radius 2 is 1.93 bits per heavy atom. The van der Waals surface area contributed by atoms with Crippen molar-refractivity contribution in [3.63, 3.8) is 0 Å². The number of nitrogens with one attached hydrogen (secondary N) is 1. The summed E-state index contributed by atoms with van der Waals surface area (Å²) in [6, 6.07) is 15.3. The Labute approximate surface area is 168 Å². The molecule has 0 fully saturated rings. The van der Waals surface area contributed by atoms with Gasteiger partial charge < -0.3 is 14.8 Å². The summed E-state index contributed by atoms with van der Waals surface area (Å²) >= 11 is 5.78. The molecular weight excluding hydrogens is 398 g/mol. The van der Waals surface area contributed by atoms with Crippen molar-refractivity contribution >= 4 is 40.0 Å². The van der Waals surface area contributed by atoms with Gasteiger partial charge in [0.15, 0.2) is 5.58 Å². The highest BCUT2D eigenvalue weighted by Crippen LogP contribution is 2.33. The van der Waals surface area contributed by atoms with E-state index < -0.39 is 10.8 Å². The van der Waals surface area contributed by atoms with Crippen LogP contribution in [0.3, 0.4) is 0 Å². The second-order valence-corrected chi connectivity index (χ2v) is 6.50. The number of benzene rings is 3. The second-order valence-electron chi connectivity index (χ2n) is 6.10. The first-order valence-electron chi connectivity index (χ1n) is 8.36. The smallest absolute Gasteiger partial charge is 0.288 e. The van der Waals surface area contributed by atoms with Gasteiger partial charge in [-0.3, -0.25) is 14.9 Å². The highest BCUT2D eigenvalue weighted by molar-refractivity contribution is 6.32. The first-order chi connectivity index (χ1) is 13.9. The summed E-state index contributed by atoms with van der Waals surface area (Å²) in [4.78, 5) is 27.2. The molecule has 0 aliphatic carbocycles. The van der Waals surface area contributed by atoms with Crippen molar-refractivity contribution in [2.45, 2.75) is 0 Å². The Hall–Kier alpha value is -3.91. The molecule has 0 aliphatic heterocycles. The van der Waals surface area contributed by atoms with Crippen molar-refractivity contribution in [3.8, 4) is 17.2 Å². The van der Waals surface area contributed by atoms with Crippen LogP contribution in [0, 0.1) is 10.1 Å². The molecule has 1 aromatic heterocycles. The fourth-order valence-corrected chi connectivity index (χ4v) is 2.96. The summed E-state index contributed by atoms with van der Waals surface area (Å²) in [6.45, 7) is 0. The van der Waals surface area contributed by atoms with Crippen LogP contribution in [0.2, 0.25) is 5.02 Å². The summed E-state index contributed by atoms with van der Waals surface area (Å²) < 4.78 is 5.66. The van der Waals surface area contributed by atoms with Crippen LogP contribution >= 0.6 is 11.6 Å². The van der Waals surface area contributed by atoms with E-state index in [0.29, 0.717) is 22.4 Å². The van der Waals surface area contributed by atoms with Crippen LogP contribution in [-0.4, -0.2) is 20.9 Å². The normalized spacial score (nSPS) is 10.8. The Balaban J connectivity index is 1.65. The zero-order valence-electron chi connectivity index (χ0n) is 14.6. The SMILES string of the molecule is O=C(Nc1ccc(O)c(-c2nc3ccccc3o2)c1)c1ccc(Cl)c([N+](=O)[O-])c1. The van der Waals surface area contributed by atoms with Gasteiger partial charge in [0.1, 0.15) is 16.3 Å². The highest BCUT2D eigenvalue weighted by atomic mass is 35.5. The molecule has 8 nitrogen and oxygen atoms in total. The van der Waals surface area contributed by atoms with Crippen LogP contribution in [0.1, 0.15) is 10.4 Å². The zero-order chi connectivity index (χ0) is 20.5. The molecular formula is C20H12ClN3O5. The summed E-state index contributed by atoms with van der Waals surface area (Å²) in [6.07, 6.45) is 0. The summed E-state index contributed by atoms with van der Waals surface area (Å²) in [5, 5.41) is 23.8. The maximum atomic E-state index is 12.5. The van der Waals surface area contributed by atoms with E-state index in [1.165, 1.54) is 30.3 Å². The maximum absolute atomic E-state index is 12.5. The molecule has 1 amide bonds. The van der Waals surface area contributed by atoms with Crippen molar-refractivity contribution in [3.05, 3.63) is 81.4 Å². The third-order valence-electron chi connectivity index (χ3n) is 4.18. The topological polar surface area (TPSA) is 118 Å².